The van der Waals surface area contributed by atoms with Crippen molar-refractivity contribution in [3.8, 4) is 39.1 Å². The predicted octanol–water partition coefficient (Wildman–Crippen LogP) is 6.31. The van der Waals surface area contributed by atoms with E-state index in [1.54, 1.807) is 11.3 Å². The summed E-state index contributed by atoms with van der Waals surface area (Å²) in [4.78, 5) is 8.59. The van der Waals surface area contributed by atoms with Crippen LogP contribution < -0.4 is 10.1 Å². The Bertz CT molecular complexity index is 1200. The molecular weight excluding hydrogens is 450 g/mol. The molecule has 1 aliphatic carbocycles. The van der Waals surface area contributed by atoms with Crippen LogP contribution in [0.25, 0.3) is 21.0 Å². The Morgan fingerprint density at radius 1 is 1.20 bits per heavy atom. The zero-order chi connectivity index (χ0) is 24.2. The maximum Gasteiger partial charge on any atom is 0.135 e. The van der Waals surface area contributed by atoms with Gasteiger partial charge in [0.1, 0.15) is 10.8 Å². The van der Waals surface area contributed by atoms with Gasteiger partial charge in [-0.25, -0.2) is 4.98 Å². The van der Waals surface area contributed by atoms with Crippen molar-refractivity contribution in [3.63, 3.8) is 0 Å². The second kappa shape index (κ2) is 11.0. The first kappa shape index (κ1) is 24.1. The summed E-state index contributed by atoms with van der Waals surface area (Å²) < 4.78 is 5.86. The largest absolute Gasteiger partial charge is 0.490 e. The molecule has 5 heteroatoms. The van der Waals surface area contributed by atoms with E-state index in [0.717, 1.165) is 41.4 Å². The van der Waals surface area contributed by atoms with Gasteiger partial charge in [0.25, 0.3) is 0 Å². The standard InChI is InChI=1S/C30H35N3OS/c1-4-22-19-23(11-14-28(22)34-21(2)3)30-32-20-29(35-30)26-10-8-9-25-24(26)12-13-27(25)31-15-18-33-16-6-5-7-17-33/h1,8-11,14,19-21,27,31H,5-7,12-13,15-18H2,2-3H3. The molecule has 2 aliphatic rings. The van der Waals surface area contributed by atoms with E-state index in [2.05, 4.69) is 40.4 Å². The second-order valence-corrected chi connectivity index (χ2v) is 10.9. The lowest BCUT2D eigenvalue weighted by Crippen LogP contribution is -2.36. The maximum atomic E-state index is 5.86. The van der Waals surface area contributed by atoms with Gasteiger partial charge in [0, 0.05) is 30.9 Å². The van der Waals surface area contributed by atoms with Gasteiger partial charge in [0.05, 0.1) is 16.5 Å². The predicted molar refractivity (Wildman–Crippen MR) is 146 cm³/mol. The van der Waals surface area contributed by atoms with Gasteiger partial charge in [-0.15, -0.1) is 17.8 Å². The smallest absolute Gasteiger partial charge is 0.135 e. The Morgan fingerprint density at radius 3 is 2.86 bits per heavy atom. The van der Waals surface area contributed by atoms with Gasteiger partial charge in [0.15, 0.2) is 0 Å². The van der Waals surface area contributed by atoms with E-state index in [1.165, 1.54) is 60.3 Å². The normalized spacial score (nSPS) is 17.9. The van der Waals surface area contributed by atoms with Gasteiger partial charge < -0.3 is 15.0 Å². The molecule has 1 aliphatic heterocycles. The molecule has 0 radical (unpaired) electrons. The molecule has 0 spiro atoms. The molecule has 1 saturated heterocycles. The average molecular weight is 486 g/mol. The van der Waals surface area contributed by atoms with Crippen LogP contribution in [0.3, 0.4) is 0 Å². The van der Waals surface area contributed by atoms with Gasteiger partial charge in [-0.1, -0.05) is 30.5 Å². The van der Waals surface area contributed by atoms with E-state index in [0.29, 0.717) is 6.04 Å². The van der Waals surface area contributed by atoms with Gasteiger partial charge in [-0.05, 0) is 87.5 Å². The van der Waals surface area contributed by atoms with Gasteiger partial charge >= 0.3 is 0 Å². The number of likely N-dealkylation sites (tertiary alicyclic amines) is 1. The Balaban J connectivity index is 1.31. The van der Waals surface area contributed by atoms with Crippen LogP contribution in [-0.4, -0.2) is 42.2 Å². The van der Waals surface area contributed by atoms with E-state index in [-0.39, 0.29) is 6.10 Å². The lowest BCUT2D eigenvalue weighted by Gasteiger charge is -2.27. The minimum atomic E-state index is 0.0858. The van der Waals surface area contributed by atoms with E-state index < -0.39 is 0 Å². The third-order valence-corrected chi connectivity index (χ3v) is 8.13. The lowest BCUT2D eigenvalue weighted by atomic mass is 10.0. The average Bonchev–Trinajstić information content (AvgIpc) is 3.52. The summed E-state index contributed by atoms with van der Waals surface area (Å²) in [6, 6.07) is 13.2. The minimum Gasteiger partial charge on any atom is -0.490 e. The van der Waals surface area contributed by atoms with Crippen LogP contribution >= 0.6 is 11.3 Å². The highest BCUT2D eigenvalue weighted by Crippen LogP contribution is 2.41. The molecule has 0 bridgehead atoms. The molecule has 3 aromatic rings. The van der Waals surface area contributed by atoms with E-state index in [1.807, 2.05) is 32.2 Å². The topological polar surface area (TPSA) is 37.4 Å². The van der Waals surface area contributed by atoms with Crippen molar-refractivity contribution >= 4 is 11.3 Å². The first-order valence-electron chi connectivity index (χ1n) is 12.9. The molecule has 0 amide bonds. The van der Waals surface area contributed by atoms with Gasteiger partial charge in [-0.3, -0.25) is 0 Å². The van der Waals surface area contributed by atoms with Crippen LogP contribution in [0.1, 0.15) is 62.3 Å². The summed E-state index contributed by atoms with van der Waals surface area (Å²) in [6.07, 6.45) is 14.2. The number of piperidine rings is 1. The highest BCUT2D eigenvalue weighted by atomic mass is 32.1. The zero-order valence-corrected chi connectivity index (χ0v) is 21.7. The maximum absolute atomic E-state index is 5.86. The van der Waals surface area contributed by atoms with Crippen molar-refractivity contribution in [2.75, 3.05) is 26.2 Å². The Labute approximate surface area is 213 Å². The summed E-state index contributed by atoms with van der Waals surface area (Å²) >= 11 is 1.73. The van der Waals surface area contributed by atoms with Crippen molar-refractivity contribution in [1.29, 1.82) is 0 Å². The highest BCUT2D eigenvalue weighted by Gasteiger charge is 2.25. The third kappa shape index (κ3) is 5.46. The molecule has 4 nitrogen and oxygen atoms in total. The monoisotopic (exact) mass is 485 g/mol. The van der Waals surface area contributed by atoms with Crippen molar-refractivity contribution in [3.05, 3.63) is 59.3 Å². The highest BCUT2D eigenvalue weighted by molar-refractivity contribution is 7.18. The van der Waals surface area contributed by atoms with Crippen LogP contribution in [0.5, 0.6) is 5.75 Å². The Kier molecular flexibility index (Phi) is 7.53. The molecule has 35 heavy (non-hydrogen) atoms. The first-order chi connectivity index (χ1) is 17.1. The second-order valence-electron chi connectivity index (χ2n) is 9.87. The Morgan fingerprint density at radius 2 is 2.06 bits per heavy atom. The molecule has 1 aromatic heterocycles. The fourth-order valence-electron chi connectivity index (χ4n) is 5.34. The summed E-state index contributed by atoms with van der Waals surface area (Å²) in [5.41, 5.74) is 6.06. The third-order valence-electron chi connectivity index (χ3n) is 7.05. The summed E-state index contributed by atoms with van der Waals surface area (Å²) in [5.74, 6) is 3.52. The number of hydrogen-bond acceptors (Lipinski definition) is 5. The molecule has 1 atom stereocenters. The van der Waals surface area contributed by atoms with Crippen LogP contribution in [0.15, 0.2) is 42.6 Å². The molecule has 2 aromatic carbocycles. The number of nitrogens with one attached hydrogen (secondary N) is 1. The molecule has 0 saturated carbocycles. The van der Waals surface area contributed by atoms with Gasteiger partial charge in [-0.2, -0.15) is 0 Å². The summed E-state index contributed by atoms with van der Waals surface area (Å²) in [7, 11) is 0. The van der Waals surface area contributed by atoms with Crippen LogP contribution in [0.2, 0.25) is 0 Å². The Hall–Kier alpha value is -2.65. The molecule has 1 fully saturated rings. The number of hydrogen-bond donors (Lipinski definition) is 1. The van der Waals surface area contributed by atoms with Crippen LogP contribution in [-0.2, 0) is 6.42 Å². The van der Waals surface area contributed by atoms with Crippen LogP contribution in [0, 0.1) is 12.3 Å². The fraction of sp³-hybridized carbons (Fsp3) is 0.433. The molecule has 5 rings (SSSR count). The number of ether oxygens (including phenoxy) is 1. The number of aromatic nitrogens is 1. The molecule has 1 unspecified atom stereocenters. The SMILES string of the molecule is C#Cc1cc(-c2ncc(-c3cccc4c3CCC4NCCN3CCCCC3)s2)ccc1OC(C)C. The van der Waals surface area contributed by atoms with Gasteiger partial charge in [0.2, 0.25) is 0 Å². The quantitative estimate of drug-likeness (QED) is 0.380. The zero-order valence-electron chi connectivity index (χ0n) is 20.8. The number of benzene rings is 2. The molecule has 1 N–H and O–H groups in total. The summed E-state index contributed by atoms with van der Waals surface area (Å²) in [5, 5.41) is 4.83. The van der Waals surface area contributed by atoms with Crippen molar-refractivity contribution in [2.24, 2.45) is 0 Å². The minimum absolute atomic E-state index is 0.0858. The van der Waals surface area contributed by atoms with E-state index in [9.17, 15) is 0 Å². The number of rotatable bonds is 8. The molecular formula is C30H35N3OS. The number of thiazole rings is 1. The number of fused-ring (bicyclic) bond motifs is 1. The molecule has 2 heterocycles. The summed E-state index contributed by atoms with van der Waals surface area (Å²) in [6.45, 7) is 8.76. The number of terminal acetylenes is 1. The number of nitrogens with zero attached hydrogens (tertiary/aromatic N) is 2. The lowest BCUT2D eigenvalue weighted by molar-refractivity contribution is 0.226. The fourth-order valence-corrected chi connectivity index (χ4v) is 6.31. The van der Waals surface area contributed by atoms with Crippen molar-refractivity contribution < 1.29 is 4.74 Å². The van der Waals surface area contributed by atoms with E-state index >= 15 is 0 Å². The van der Waals surface area contributed by atoms with E-state index in [4.69, 9.17) is 16.1 Å². The first-order valence-corrected chi connectivity index (χ1v) is 13.8. The molecule has 182 valence electrons. The van der Waals surface area contributed by atoms with Crippen molar-refractivity contribution in [1.82, 2.24) is 15.2 Å². The van der Waals surface area contributed by atoms with Crippen molar-refractivity contribution in [2.45, 2.75) is 58.1 Å². The van der Waals surface area contributed by atoms with Crippen LogP contribution in [0.4, 0.5) is 0 Å².